The van der Waals surface area contributed by atoms with Crippen molar-refractivity contribution in [3.8, 4) is 0 Å². The minimum atomic E-state index is -5.39. The third-order valence-electron chi connectivity index (χ3n) is 0. The molecule has 72 valence electrons. The van der Waals surface area contributed by atoms with Gasteiger partial charge in [0.2, 0.25) is 0 Å². The Hall–Kier alpha value is 3.05. The van der Waals surface area contributed by atoms with Gasteiger partial charge < -0.3 is 24.7 Å². The van der Waals surface area contributed by atoms with Crippen LogP contribution in [0.5, 0.6) is 0 Å². The second kappa shape index (κ2) is 13.1. The monoisotopic (exact) mass is 382 g/mol. The van der Waals surface area contributed by atoms with E-state index < -0.39 is 22.3 Å². The van der Waals surface area contributed by atoms with Crippen molar-refractivity contribution in [1.82, 2.24) is 0 Å². The van der Waals surface area contributed by atoms with Crippen LogP contribution < -0.4 is 14.7 Å². The molecule has 0 saturated heterocycles. The van der Waals surface area contributed by atoms with Gasteiger partial charge in [0.1, 0.15) is 0 Å². The topological polar surface area (TPSA) is 194 Å². The SMILES string of the molecule is O=P([O-])([O-])[O-].O=[As](O)(O)O.[Ca+2].[OH-].[Sr+2]. The zero-order chi connectivity index (χ0) is 9.00. The van der Waals surface area contributed by atoms with Gasteiger partial charge in [-0.15, -0.1) is 0 Å². The Morgan fingerprint density at radius 2 is 1.08 bits per heavy atom. The minimum absolute atomic E-state index is 0. The molecule has 13 heteroatoms. The molecule has 0 aromatic carbocycles. The van der Waals surface area contributed by atoms with Crippen LogP contribution in [-0.4, -0.2) is 115 Å². The van der Waals surface area contributed by atoms with Gasteiger partial charge in [-0.2, -0.15) is 7.82 Å². The predicted molar refractivity (Wildman–Crippen MR) is 34.1 cm³/mol. The van der Waals surface area contributed by atoms with Gasteiger partial charge in [0.05, 0.1) is 0 Å². The van der Waals surface area contributed by atoms with Crippen molar-refractivity contribution < 1.29 is 40.7 Å². The van der Waals surface area contributed by atoms with E-state index in [9.17, 15) is 0 Å². The Bertz CT molecular complexity index is 132. The zero-order valence-electron chi connectivity index (χ0n) is 6.14. The van der Waals surface area contributed by atoms with Crippen LogP contribution in [0.25, 0.3) is 0 Å². The van der Waals surface area contributed by atoms with Crippen molar-refractivity contribution >= 4 is 106 Å². The van der Waals surface area contributed by atoms with Gasteiger partial charge in [-0.05, 0) is 0 Å². The summed E-state index contributed by atoms with van der Waals surface area (Å²) in [5.74, 6) is 0. The molecule has 0 aliphatic heterocycles. The predicted octanol–water partition coefficient (Wildman–Crippen LogP) is -5.93. The molecule has 13 heavy (non-hydrogen) atoms. The van der Waals surface area contributed by atoms with E-state index in [0.29, 0.717) is 0 Å². The van der Waals surface area contributed by atoms with Crippen LogP contribution in [0.3, 0.4) is 0 Å². The molecule has 0 unspecified atom stereocenters. The summed E-state index contributed by atoms with van der Waals surface area (Å²) >= 11 is -5.12. The molecule has 0 aliphatic rings. The van der Waals surface area contributed by atoms with Gasteiger partial charge in [0, 0.05) is 0 Å². The third kappa shape index (κ3) is 276. The summed E-state index contributed by atoms with van der Waals surface area (Å²) in [6, 6.07) is 0. The molecule has 0 atom stereocenters. The van der Waals surface area contributed by atoms with Gasteiger partial charge in [0.15, 0.2) is 0 Å². The minimum Gasteiger partial charge on any atom is -0.870 e. The Morgan fingerprint density at radius 1 is 1.08 bits per heavy atom. The van der Waals surface area contributed by atoms with E-state index in [2.05, 4.69) is 0 Å². The number of hydrogen-bond acceptors (Lipinski definition) is 6. The van der Waals surface area contributed by atoms with Crippen LogP contribution in [0.1, 0.15) is 0 Å². The average molecular weight is 382 g/mol. The molecule has 0 heterocycles. The number of hydrogen-bond donors (Lipinski definition) is 3. The summed E-state index contributed by atoms with van der Waals surface area (Å²) in [6.07, 6.45) is 0. The van der Waals surface area contributed by atoms with Crippen molar-refractivity contribution in [1.29, 1.82) is 0 Å². The fourth-order valence-electron chi connectivity index (χ4n) is 0. The number of phosphoric acid groups is 1. The van der Waals surface area contributed by atoms with Gasteiger partial charge in [-0.25, -0.2) is 0 Å². The first-order chi connectivity index (χ1) is 4.00. The second-order valence-corrected chi connectivity index (χ2v) is 4.01. The Morgan fingerprint density at radius 3 is 1.08 bits per heavy atom. The maximum atomic E-state index is 8.94. The normalized spacial score (nSPS) is 9.08. The smallest absolute Gasteiger partial charge is 0.870 e. The molecule has 0 spiro atoms. The van der Waals surface area contributed by atoms with Gasteiger partial charge >= 0.3 is 114 Å². The van der Waals surface area contributed by atoms with Gasteiger partial charge in [-0.1, -0.05) is 0 Å². The van der Waals surface area contributed by atoms with E-state index in [1.807, 2.05) is 0 Å². The molecule has 0 fully saturated rings. The summed E-state index contributed by atoms with van der Waals surface area (Å²) < 4.78 is 39.2. The largest absolute Gasteiger partial charge is 2.00 e. The van der Waals surface area contributed by atoms with E-state index in [-0.39, 0.29) is 88.7 Å². The number of rotatable bonds is 0. The van der Waals surface area contributed by atoms with Crippen LogP contribution in [0.4, 0.5) is 0 Å². The van der Waals surface area contributed by atoms with Crippen LogP contribution in [0.15, 0.2) is 0 Å². The molecule has 9 nitrogen and oxygen atoms in total. The summed E-state index contributed by atoms with van der Waals surface area (Å²) in [6.45, 7) is 0. The first kappa shape index (κ1) is 29.8. The van der Waals surface area contributed by atoms with E-state index >= 15 is 0 Å². The summed E-state index contributed by atoms with van der Waals surface area (Å²) in [5, 5.41) is 0. The molecule has 0 bridgehead atoms. The van der Waals surface area contributed by atoms with Crippen LogP contribution in [0.2, 0.25) is 0 Å². The molecule has 0 radical (unpaired) electrons. The van der Waals surface area contributed by atoms with Crippen LogP contribution in [0, 0.1) is 0 Å². The second-order valence-electron chi connectivity index (χ2n) is 0.960. The third-order valence-corrected chi connectivity index (χ3v) is 0. The molecule has 0 aromatic rings. The van der Waals surface area contributed by atoms with Crippen LogP contribution in [-0.2, 0) is 8.30 Å². The van der Waals surface area contributed by atoms with Crippen molar-refractivity contribution in [2.24, 2.45) is 0 Å². The maximum absolute atomic E-state index is 8.94. The Kier molecular flexibility index (Phi) is 30.0. The van der Waals surface area contributed by atoms with Crippen molar-refractivity contribution in [2.75, 3.05) is 0 Å². The molecular weight excluding hydrogens is 378 g/mol. The summed E-state index contributed by atoms with van der Waals surface area (Å²) in [7, 11) is -5.39. The molecule has 0 saturated carbocycles. The summed E-state index contributed by atoms with van der Waals surface area (Å²) in [4.78, 5) is 25.6. The molecule has 0 amide bonds. The molecular formula is H4AsCaO9PSr. The first-order valence-corrected chi connectivity index (χ1v) is 6.26. The Labute approximate surface area is 143 Å². The zero-order valence-corrected chi connectivity index (χ0v) is 14.6. The molecule has 0 rings (SSSR count). The van der Waals surface area contributed by atoms with Gasteiger partial charge in [0.25, 0.3) is 0 Å². The van der Waals surface area contributed by atoms with Gasteiger partial charge in [-0.3, -0.25) is 0 Å². The fraction of sp³-hybridized carbons (Fsp3) is 0. The average Bonchev–Trinajstić information content (AvgIpc) is 1.12. The standard InChI is InChI=1S/AsH3O4.Ca.H3O4P.H2O.Sr/c2-1(3,4)5;;1-5(2,3)4;;/h(H3,2,3,4,5);;(H3,1,2,3,4);1H2;/q;+2;;;+2/p-4. The quantitative estimate of drug-likeness (QED) is 0.270. The Balaban J connectivity index is -0.0000000267. The van der Waals surface area contributed by atoms with E-state index in [1.165, 1.54) is 0 Å². The fourth-order valence-corrected chi connectivity index (χ4v) is 0. The van der Waals surface area contributed by atoms with E-state index in [0.717, 1.165) is 0 Å². The maximum Gasteiger partial charge on any atom is 2.00 e. The van der Waals surface area contributed by atoms with Crippen molar-refractivity contribution in [3.63, 3.8) is 0 Å². The van der Waals surface area contributed by atoms with Crippen molar-refractivity contribution in [3.05, 3.63) is 0 Å². The van der Waals surface area contributed by atoms with Crippen LogP contribution >= 0.6 is 7.82 Å². The van der Waals surface area contributed by atoms with Crippen molar-refractivity contribution in [2.45, 2.75) is 0 Å². The summed E-state index contributed by atoms with van der Waals surface area (Å²) in [5.41, 5.74) is 0. The molecule has 0 aliphatic carbocycles. The van der Waals surface area contributed by atoms with E-state index in [4.69, 9.17) is 35.3 Å². The molecule has 4 N–H and O–H groups in total. The molecule has 0 aromatic heterocycles. The van der Waals surface area contributed by atoms with E-state index in [1.54, 1.807) is 0 Å². The first-order valence-electron chi connectivity index (χ1n) is 1.51.